The summed E-state index contributed by atoms with van der Waals surface area (Å²) in [5.74, 6) is -1.22. The monoisotopic (exact) mass is 639 g/mol. The second-order valence-electron chi connectivity index (χ2n) is 9.24. The van der Waals surface area contributed by atoms with Crippen LogP contribution in [0.4, 0.5) is 10.1 Å². The van der Waals surface area contributed by atoms with E-state index in [-0.39, 0.29) is 27.9 Å². The minimum absolute atomic E-state index is 0.0390. The largest absolute Gasteiger partial charge is 0.493 e. The number of hydrogen-bond donors (Lipinski definition) is 1. The summed E-state index contributed by atoms with van der Waals surface area (Å²) >= 11 is 12.2. The van der Waals surface area contributed by atoms with Crippen molar-refractivity contribution in [1.82, 2.24) is 10.2 Å². The number of methoxy groups -OCH3 is 2. The Morgan fingerprint density at radius 3 is 2.21 bits per heavy atom. The average molecular weight is 641 g/mol. The number of halogens is 3. The van der Waals surface area contributed by atoms with Gasteiger partial charge in [0.1, 0.15) is 18.4 Å². The smallest absolute Gasteiger partial charge is 0.264 e. The third kappa shape index (κ3) is 7.84. The van der Waals surface area contributed by atoms with Gasteiger partial charge in [-0.2, -0.15) is 0 Å². The lowest BCUT2D eigenvalue weighted by Gasteiger charge is -2.32. The van der Waals surface area contributed by atoms with Crippen LogP contribution < -0.4 is 19.1 Å². The summed E-state index contributed by atoms with van der Waals surface area (Å²) < 4.78 is 53.1. The lowest BCUT2D eigenvalue weighted by molar-refractivity contribution is -0.139. The normalized spacial score (nSPS) is 11.9. The quantitative estimate of drug-likeness (QED) is 0.273. The molecule has 0 bridgehead atoms. The molecule has 0 saturated heterocycles. The molecule has 0 aliphatic carbocycles. The van der Waals surface area contributed by atoms with E-state index in [2.05, 4.69) is 5.32 Å². The van der Waals surface area contributed by atoms with Gasteiger partial charge in [0.2, 0.25) is 11.8 Å². The van der Waals surface area contributed by atoms with Gasteiger partial charge < -0.3 is 19.7 Å². The summed E-state index contributed by atoms with van der Waals surface area (Å²) in [6.45, 7) is 3.07. The van der Waals surface area contributed by atoms with Crippen LogP contribution in [0.5, 0.6) is 11.5 Å². The SMILES string of the molecule is CCCNC(=O)C(C)N(Cc1ccc(Cl)c(Cl)c1)C(=O)CN(c1ccc(F)cc1)S(=O)(=O)c1ccc(OC)c(OC)c1. The molecular weight excluding hydrogens is 608 g/mol. The van der Waals surface area contributed by atoms with Gasteiger partial charge in [-0.15, -0.1) is 0 Å². The lowest BCUT2D eigenvalue weighted by Crippen LogP contribution is -2.51. The van der Waals surface area contributed by atoms with Crippen LogP contribution in [0.3, 0.4) is 0 Å². The molecule has 0 radical (unpaired) electrons. The van der Waals surface area contributed by atoms with Gasteiger partial charge >= 0.3 is 0 Å². The number of hydrogen-bond acceptors (Lipinski definition) is 6. The van der Waals surface area contributed by atoms with Crippen LogP contribution >= 0.6 is 23.2 Å². The fraction of sp³-hybridized carbons (Fsp3) is 0.310. The molecular formula is C29H32Cl2FN3O6S. The molecule has 0 fully saturated rings. The molecule has 3 rings (SSSR count). The van der Waals surface area contributed by atoms with Crippen LogP contribution in [0.25, 0.3) is 0 Å². The van der Waals surface area contributed by atoms with E-state index in [0.29, 0.717) is 29.3 Å². The van der Waals surface area contributed by atoms with Crippen molar-refractivity contribution >= 4 is 50.7 Å². The molecule has 1 unspecified atom stereocenters. The maximum atomic E-state index is 14.0. The zero-order valence-corrected chi connectivity index (χ0v) is 25.9. The first kappa shape index (κ1) is 33.0. The number of carbonyl (C=O) groups excluding carboxylic acids is 2. The van der Waals surface area contributed by atoms with Crippen LogP contribution in [0, 0.1) is 5.82 Å². The number of nitrogens with one attached hydrogen (secondary N) is 1. The highest BCUT2D eigenvalue weighted by atomic mass is 35.5. The minimum atomic E-state index is -4.41. The first-order valence-corrected chi connectivity index (χ1v) is 15.1. The van der Waals surface area contributed by atoms with Gasteiger partial charge in [0.05, 0.1) is 34.8 Å². The van der Waals surface area contributed by atoms with Gasteiger partial charge in [-0.3, -0.25) is 13.9 Å². The van der Waals surface area contributed by atoms with Crippen molar-refractivity contribution in [2.24, 2.45) is 0 Å². The van der Waals surface area contributed by atoms with Crippen molar-refractivity contribution < 1.29 is 31.9 Å². The van der Waals surface area contributed by atoms with Crippen LogP contribution in [-0.4, -0.2) is 58.5 Å². The second-order valence-corrected chi connectivity index (χ2v) is 11.9. The predicted molar refractivity (Wildman–Crippen MR) is 160 cm³/mol. The van der Waals surface area contributed by atoms with Gasteiger partial charge in [0, 0.05) is 19.2 Å². The summed E-state index contributed by atoms with van der Waals surface area (Å²) in [4.78, 5) is 27.9. The predicted octanol–water partition coefficient (Wildman–Crippen LogP) is 5.29. The van der Waals surface area contributed by atoms with E-state index in [1.807, 2.05) is 6.92 Å². The third-order valence-corrected chi connectivity index (χ3v) is 8.90. The molecule has 1 atom stereocenters. The molecule has 3 aromatic carbocycles. The highest BCUT2D eigenvalue weighted by Gasteiger charge is 2.33. The van der Waals surface area contributed by atoms with E-state index >= 15 is 0 Å². The molecule has 2 amide bonds. The molecule has 0 aliphatic heterocycles. The Kier molecular flexibility index (Phi) is 11.4. The van der Waals surface area contributed by atoms with E-state index in [1.165, 1.54) is 49.5 Å². The van der Waals surface area contributed by atoms with Gasteiger partial charge in [0.25, 0.3) is 10.0 Å². The zero-order valence-electron chi connectivity index (χ0n) is 23.6. The zero-order chi connectivity index (χ0) is 31.0. The maximum absolute atomic E-state index is 14.0. The molecule has 13 heteroatoms. The number of benzene rings is 3. The van der Waals surface area contributed by atoms with E-state index < -0.39 is 40.2 Å². The molecule has 0 aromatic heterocycles. The summed E-state index contributed by atoms with van der Waals surface area (Å²) in [7, 11) is -1.63. The van der Waals surface area contributed by atoms with Crippen molar-refractivity contribution in [3.05, 3.63) is 82.1 Å². The lowest BCUT2D eigenvalue weighted by atomic mass is 10.1. The minimum Gasteiger partial charge on any atom is -0.493 e. The molecule has 0 aliphatic rings. The Morgan fingerprint density at radius 1 is 0.952 bits per heavy atom. The fourth-order valence-electron chi connectivity index (χ4n) is 4.05. The van der Waals surface area contributed by atoms with E-state index in [9.17, 15) is 22.4 Å². The molecule has 3 aromatic rings. The van der Waals surface area contributed by atoms with E-state index in [4.69, 9.17) is 32.7 Å². The van der Waals surface area contributed by atoms with Gasteiger partial charge in [-0.25, -0.2) is 12.8 Å². The highest BCUT2D eigenvalue weighted by molar-refractivity contribution is 7.92. The van der Waals surface area contributed by atoms with Crippen molar-refractivity contribution in [3.8, 4) is 11.5 Å². The van der Waals surface area contributed by atoms with Crippen molar-refractivity contribution in [2.45, 2.75) is 37.8 Å². The first-order chi connectivity index (χ1) is 19.9. The summed E-state index contributed by atoms with van der Waals surface area (Å²) in [5, 5.41) is 3.34. The average Bonchev–Trinajstić information content (AvgIpc) is 2.98. The molecule has 9 nitrogen and oxygen atoms in total. The summed E-state index contributed by atoms with van der Waals surface area (Å²) in [6.07, 6.45) is 0.682. The van der Waals surface area contributed by atoms with Crippen LogP contribution in [0.1, 0.15) is 25.8 Å². The van der Waals surface area contributed by atoms with Crippen molar-refractivity contribution in [2.75, 3.05) is 31.6 Å². The van der Waals surface area contributed by atoms with Crippen molar-refractivity contribution in [1.29, 1.82) is 0 Å². The molecule has 1 N–H and O–H groups in total. The first-order valence-electron chi connectivity index (χ1n) is 12.9. The number of rotatable bonds is 13. The number of carbonyl (C=O) groups is 2. The Hall–Kier alpha value is -3.54. The van der Waals surface area contributed by atoms with Crippen molar-refractivity contribution in [3.63, 3.8) is 0 Å². The molecule has 226 valence electrons. The standard InChI is InChI=1S/C29H32Cl2FN3O6S/c1-5-14-33-29(37)19(2)34(17-20-6-12-24(30)25(31)15-20)28(36)18-35(22-9-7-21(32)8-10-22)42(38,39)23-11-13-26(40-3)27(16-23)41-4/h6-13,15-16,19H,5,14,17-18H2,1-4H3,(H,33,37). The Balaban J connectivity index is 2.07. The Morgan fingerprint density at radius 2 is 1.62 bits per heavy atom. The number of sulfonamides is 1. The maximum Gasteiger partial charge on any atom is 0.264 e. The van der Waals surface area contributed by atoms with Gasteiger partial charge in [-0.1, -0.05) is 36.2 Å². The number of ether oxygens (including phenoxy) is 2. The topological polar surface area (TPSA) is 105 Å². The molecule has 0 saturated carbocycles. The van der Waals surface area contributed by atoms with E-state index in [1.54, 1.807) is 25.1 Å². The van der Waals surface area contributed by atoms with Gasteiger partial charge in [0.15, 0.2) is 11.5 Å². The number of anilines is 1. The summed E-state index contributed by atoms with van der Waals surface area (Å²) in [6, 6.07) is 12.5. The summed E-state index contributed by atoms with van der Waals surface area (Å²) in [5.41, 5.74) is 0.612. The fourth-order valence-corrected chi connectivity index (χ4v) is 5.80. The molecule has 42 heavy (non-hydrogen) atoms. The van der Waals surface area contributed by atoms with Crippen LogP contribution in [0.2, 0.25) is 10.0 Å². The highest BCUT2D eigenvalue weighted by Crippen LogP contribution is 2.32. The van der Waals surface area contributed by atoms with Crippen LogP contribution in [0.15, 0.2) is 65.6 Å². The molecule has 0 heterocycles. The molecule has 0 spiro atoms. The van der Waals surface area contributed by atoms with Crippen LogP contribution in [-0.2, 0) is 26.2 Å². The number of amides is 2. The van der Waals surface area contributed by atoms with E-state index in [0.717, 1.165) is 16.4 Å². The Labute approximate surface area is 255 Å². The van der Waals surface area contributed by atoms with Gasteiger partial charge in [-0.05, 0) is 67.4 Å². The second kappa shape index (κ2) is 14.6. The number of nitrogens with zero attached hydrogens (tertiary/aromatic N) is 2. The third-order valence-electron chi connectivity index (χ3n) is 6.39. The Bertz CT molecular complexity index is 1520.